The van der Waals surface area contributed by atoms with Gasteiger partial charge in [-0.2, -0.15) is 0 Å². The van der Waals surface area contributed by atoms with Gasteiger partial charge in [-0.15, -0.1) is 0 Å². The number of para-hydroxylation sites is 1. The van der Waals surface area contributed by atoms with Gasteiger partial charge < -0.3 is 14.6 Å². The van der Waals surface area contributed by atoms with E-state index in [4.69, 9.17) is 4.42 Å². The normalized spacial score (nSPS) is 13.9. The third-order valence-electron chi connectivity index (χ3n) is 4.58. The molecule has 132 valence electrons. The second-order valence-corrected chi connectivity index (χ2v) is 6.39. The Hall–Kier alpha value is -3.15. The number of anilines is 1. The molecular weight excluding hydrogens is 330 g/mol. The fraction of sp³-hybridized carbons (Fsp3) is 0.250. The Morgan fingerprint density at radius 3 is 2.73 bits per heavy atom. The predicted octanol–water partition coefficient (Wildman–Crippen LogP) is 2.72. The van der Waals surface area contributed by atoms with Gasteiger partial charge in [0.2, 0.25) is 0 Å². The van der Waals surface area contributed by atoms with Crippen molar-refractivity contribution in [3.63, 3.8) is 0 Å². The summed E-state index contributed by atoms with van der Waals surface area (Å²) in [5.41, 5.74) is 0.719. The summed E-state index contributed by atoms with van der Waals surface area (Å²) in [4.78, 5) is 31.1. The summed E-state index contributed by atoms with van der Waals surface area (Å²) >= 11 is 0. The van der Waals surface area contributed by atoms with Crippen molar-refractivity contribution >= 4 is 22.7 Å². The van der Waals surface area contributed by atoms with E-state index in [-0.39, 0.29) is 5.56 Å². The Morgan fingerprint density at radius 1 is 1.15 bits per heavy atom. The molecule has 2 aromatic heterocycles. The minimum Gasteiger partial charge on any atom is -0.422 e. The molecule has 6 nitrogen and oxygen atoms in total. The second-order valence-electron chi connectivity index (χ2n) is 6.39. The molecule has 1 N–H and O–H groups in total. The molecule has 1 amide bonds. The topological polar surface area (TPSA) is 75.4 Å². The highest BCUT2D eigenvalue weighted by Gasteiger charge is 2.15. The quantitative estimate of drug-likeness (QED) is 0.733. The monoisotopic (exact) mass is 349 g/mol. The Kier molecular flexibility index (Phi) is 4.39. The summed E-state index contributed by atoms with van der Waals surface area (Å²) in [7, 11) is 0. The number of carbonyl (C=O) groups is 1. The SMILES string of the molecule is O=C(NCc1ccc(N2CCCC2)nc1)c1cc2ccccc2oc1=O. The zero-order valence-electron chi connectivity index (χ0n) is 14.3. The number of carbonyl (C=O) groups excluding carboxylic acids is 1. The van der Waals surface area contributed by atoms with E-state index >= 15 is 0 Å². The summed E-state index contributed by atoms with van der Waals surface area (Å²) < 4.78 is 5.20. The first-order valence-corrected chi connectivity index (χ1v) is 8.72. The van der Waals surface area contributed by atoms with E-state index in [0.717, 1.165) is 24.5 Å². The first-order chi connectivity index (χ1) is 12.7. The number of aromatic nitrogens is 1. The van der Waals surface area contributed by atoms with Crippen LogP contribution < -0.4 is 15.8 Å². The van der Waals surface area contributed by atoms with Crippen LogP contribution in [0.5, 0.6) is 0 Å². The smallest absolute Gasteiger partial charge is 0.349 e. The lowest BCUT2D eigenvalue weighted by atomic mass is 10.1. The first-order valence-electron chi connectivity index (χ1n) is 8.72. The summed E-state index contributed by atoms with van der Waals surface area (Å²) in [6, 6.07) is 12.6. The Balaban J connectivity index is 1.45. The first kappa shape index (κ1) is 16.3. The fourth-order valence-corrected chi connectivity index (χ4v) is 3.15. The van der Waals surface area contributed by atoms with Crippen LogP contribution in [0.2, 0.25) is 0 Å². The van der Waals surface area contributed by atoms with Gasteiger partial charge in [-0.1, -0.05) is 24.3 Å². The highest BCUT2D eigenvalue weighted by molar-refractivity contribution is 5.96. The maximum Gasteiger partial charge on any atom is 0.349 e. The number of hydrogen-bond donors (Lipinski definition) is 1. The average molecular weight is 349 g/mol. The highest BCUT2D eigenvalue weighted by atomic mass is 16.4. The van der Waals surface area contributed by atoms with Crippen LogP contribution in [0.3, 0.4) is 0 Å². The molecule has 4 rings (SSSR count). The van der Waals surface area contributed by atoms with Crippen LogP contribution in [0.4, 0.5) is 5.82 Å². The van der Waals surface area contributed by atoms with Gasteiger partial charge in [-0.25, -0.2) is 9.78 Å². The predicted molar refractivity (Wildman–Crippen MR) is 99.3 cm³/mol. The molecule has 6 heteroatoms. The molecule has 0 aliphatic carbocycles. The second kappa shape index (κ2) is 7.00. The van der Waals surface area contributed by atoms with Crippen molar-refractivity contribution in [1.29, 1.82) is 0 Å². The van der Waals surface area contributed by atoms with E-state index < -0.39 is 11.5 Å². The van der Waals surface area contributed by atoms with Crippen LogP contribution in [-0.2, 0) is 6.54 Å². The lowest BCUT2D eigenvalue weighted by Gasteiger charge is -2.16. The van der Waals surface area contributed by atoms with Crippen molar-refractivity contribution in [2.75, 3.05) is 18.0 Å². The summed E-state index contributed by atoms with van der Waals surface area (Å²) in [6.45, 7) is 2.39. The molecule has 1 aromatic carbocycles. The number of hydrogen-bond acceptors (Lipinski definition) is 5. The highest BCUT2D eigenvalue weighted by Crippen LogP contribution is 2.17. The lowest BCUT2D eigenvalue weighted by molar-refractivity contribution is 0.0947. The molecule has 1 aliphatic heterocycles. The van der Waals surface area contributed by atoms with Crippen LogP contribution >= 0.6 is 0 Å². The molecule has 3 heterocycles. The maximum absolute atomic E-state index is 12.4. The van der Waals surface area contributed by atoms with Gasteiger partial charge in [0.05, 0.1) is 0 Å². The minimum atomic E-state index is -0.635. The summed E-state index contributed by atoms with van der Waals surface area (Å²) in [5.74, 6) is 0.515. The van der Waals surface area contributed by atoms with Crippen molar-refractivity contribution < 1.29 is 9.21 Å². The van der Waals surface area contributed by atoms with Crippen LogP contribution in [-0.4, -0.2) is 24.0 Å². The number of amides is 1. The molecular formula is C20H19N3O3. The zero-order valence-corrected chi connectivity index (χ0v) is 14.3. The van der Waals surface area contributed by atoms with E-state index in [1.54, 1.807) is 30.5 Å². The molecule has 26 heavy (non-hydrogen) atoms. The number of pyridine rings is 1. The average Bonchev–Trinajstić information content (AvgIpc) is 3.21. The molecule has 0 spiro atoms. The Bertz CT molecular complexity index is 989. The molecule has 0 bridgehead atoms. The van der Waals surface area contributed by atoms with E-state index in [9.17, 15) is 9.59 Å². The number of nitrogens with zero attached hydrogens (tertiary/aromatic N) is 2. The van der Waals surface area contributed by atoms with Crippen molar-refractivity contribution in [1.82, 2.24) is 10.3 Å². The van der Waals surface area contributed by atoms with E-state index in [1.807, 2.05) is 18.2 Å². The van der Waals surface area contributed by atoms with E-state index in [2.05, 4.69) is 15.2 Å². The van der Waals surface area contributed by atoms with Gasteiger partial charge in [0, 0.05) is 31.2 Å². The molecule has 3 aromatic rings. The lowest BCUT2D eigenvalue weighted by Crippen LogP contribution is -2.28. The van der Waals surface area contributed by atoms with Crippen LogP contribution in [0.15, 0.2) is 57.9 Å². The van der Waals surface area contributed by atoms with Gasteiger partial charge >= 0.3 is 5.63 Å². The van der Waals surface area contributed by atoms with Crippen molar-refractivity contribution in [2.24, 2.45) is 0 Å². The molecule has 0 unspecified atom stereocenters. The van der Waals surface area contributed by atoms with Gasteiger partial charge in [0.1, 0.15) is 17.0 Å². The van der Waals surface area contributed by atoms with Crippen molar-refractivity contribution in [3.8, 4) is 0 Å². The summed E-state index contributed by atoms with van der Waals surface area (Å²) in [6.07, 6.45) is 4.17. The van der Waals surface area contributed by atoms with Crippen LogP contribution in [0.1, 0.15) is 28.8 Å². The fourth-order valence-electron chi connectivity index (χ4n) is 3.15. The van der Waals surface area contributed by atoms with Crippen LogP contribution in [0, 0.1) is 0 Å². The number of nitrogens with one attached hydrogen (secondary N) is 1. The molecule has 0 atom stereocenters. The molecule has 1 saturated heterocycles. The van der Waals surface area contributed by atoms with Gasteiger partial charge in [0.25, 0.3) is 5.91 Å². The molecule has 1 aliphatic rings. The number of fused-ring (bicyclic) bond motifs is 1. The third kappa shape index (κ3) is 3.31. The largest absolute Gasteiger partial charge is 0.422 e. The van der Waals surface area contributed by atoms with Gasteiger partial charge in [0.15, 0.2) is 0 Å². The summed E-state index contributed by atoms with van der Waals surface area (Å²) in [5, 5.41) is 3.47. The van der Waals surface area contributed by atoms with Gasteiger partial charge in [-0.05, 0) is 36.6 Å². The maximum atomic E-state index is 12.4. The van der Waals surface area contributed by atoms with Gasteiger partial charge in [-0.3, -0.25) is 4.79 Å². The van der Waals surface area contributed by atoms with E-state index in [0.29, 0.717) is 17.5 Å². The molecule has 0 radical (unpaired) electrons. The third-order valence-corrected chi connectivity index (χ3v) is 4.58. The minimum absolute atomic E-state index is 0.00495. The Labute approximate surface area is 150 Å². The van der Waals surface area contributed by atoms with Crippen molar-refractivity contribution in [3.05, 3.63) is 70.2 Å². The van der Waals surface area contributed by atoms with Crippen molar-refractivity contribution in [2.45, 2.75) is 19.4 Å². The number of benzene rings is 1. The Morgan fingerprint density at radius 2 is 1.96 bits per heavy atom. The number of rotatable bonds is 4. The zero-order chi connectivity index (χ0) is 17.9. The molecule has 1 fully saturated rings. The van der Waals surface area contributed by atoms with Crippen LogP contribution in [0.25, 0.3) is 11.0 Å². The standard InChI is InChI=1S/C20H19N3O3/c24-19(16-11-15-5-1-2-6-17(15)26-20(16)25)22-13-14-7-8-18(21-12-14)23-9-3-4-10-23/h1-2,5-8,11-12H,3-4,9-10,13H2,(H,22,24). The van der Waals surface area contributed by atoms with E-state index in [1.165, 1.54) is 12.8 Å². The molecule has 0 saturated carbocycles.